The second-order valence-corrected chi connectivity index (χ2v) is 3.67. The number of allylic oxidation sites excluding steroid dienone is 1. The summed E-state index contributed by atoms with van der Waals surface area (Å²) in [7, 11) is 0. The lowest BCUT2D eigenvalue weighted by Gasteiger charge is -2.20. The highest BCUT2D eigenvalue weighted by Crippen LogP contribution is 2.30. The third kappa shape index (κ3) is 1.35. The van der Waals surface area contributed by atoms with Crippen LogP contribution in [0.15, 0.2) is 30.5 Å². The number of benzene rings is 1. The zero-order chi connectivity index (χ0) is 10.1. The topological polar surface area (TPSA) is 12.0 Å². The average Bonchev–Trinajstić information content (AvgIpc) is 2.18. The Balaban J connectivity index is 2.63. The molecule has 0 aromatic heterocycles. The van der Waals surface area contributed by atoms with Crippen LogP contribution in [0.25, 0.3) is 6.08 Å². The summed E-state index contributed by atoms with van der Waals surface area (Å²) >= 11 is 0. The van der Waals surface area contributed by atoms with Crippen LogP contribution in [0.4, 0.5) is 5.69 Å². The van der Waals surface area contributed by atoms with Gasteiger partial charge in [-0.2, -0.15) is 0 Å². The van der Waals surface area contributed by atoms with E-state index in [1.807, 2.05) is 6.08 Å². The molecule has 14 heavy (non-hydrogen) atoms. The van der Waals surface area contributed by atoms with Gasteiger partial charge in [-0.1, -0.05) is 31.7 Å². The van der Waals surface area contributed by atoms with Gasteiger partial charge in [-0.15, -0.1) is 0 Å². The molecule has 1 aromatic carbocycles. The highest BCUT2D eigenvalue weighted by molar-refractivity contribution is 5.79. The Labute approximate surface area is 85.2 Å². The van der Waals surface area contributed by atoms with Crippen molar-refractivity contribution < 1.29 is 0 Å². The van der Waals surface area contributed by atoms with Crippen LogP contribution in [0.5, 0.6) is 0 Å². The van der Waals surface area contributed by atoms with Gasteiger partial charge in [0.25, 0.3) is 0 Å². The largest absolute Gasteiger partial charge is 0.355 e. The molecule has 1 aromatic rings. The number of rotatable bonds is 1. The van der Waals surface area contributed by atoms with Crippen molar-refractivity contribution >= 4 is 11.8 Å². The van der Waals surface area contributed by atoms with Crippen LogP contribution >= 0.6 is 0 Å². The van der Waals surface area contributed by atoms with E-state index in [0.29, 0.717) is 0 Å². The SMILES string of the molecule is C=C1C=Cc2c(C)ccc(CC)c2N1. The molecule has 0 spiro atoms. The van der Waals surface area contributed by atoms with Crippen molar-refractivity contribution in [3.8, 4) is 0 Å². The van der Waals surface area contributed by atoms with Gasteiger partial charge in [0.15, 0.2) is 0 Å². The van der Waals surface area contributed by atoms with E-state index in [4.69, 9.17) is 0 Å². The highest BCUT2D eigenvalue weighted by atomic mass is 14.9. The summed E-state index contributed by atoms with van der Waals surface area (Å²) in [5, 5.41) is 3.34. The second-order valence-electron chi connectivity index (χ2n) is 3.67. The molecule has 1 N–H and O–H groups in total. The van der Waals surface area contributed by atoms with Crippen LogP contribution in [-0.4, -0.2) is 0 Å². The van der Waals surface area contributed by atoms with Crippen molar-refractivity contribution in [2.45, 2.75) is 20.3 Å². The van der Waals surface area contributed by atoms with Gasteiger partial charge < -0.3 is 5.32 Å². The van der Waals surface area contributed by atoms with Gasteiger partial charge in [-0.3, -0.25) is 0 Å². The molecule has 0 amide bonds. The fraction of sp³-hybridized carbons (Fsp3) is 0.231. The molecule has 1 heteroatoms. The maximum atomic E-state index is 3.92. The van der Waals surface area contributed by atoms with Crippen LogP contribution in [0.3, 0.4) is 0 Å². The summed E-state index contributed by atoms with van der Waals surface area (Å²) < 4.78 is 0. The maximum Gasteiger partial charge on any atom is 0.0492 e. The molecule has 0 unspecified atom stereocenters. The van der Waals surface area contributed by atoms with Crippen LogP contribution in [-0.2, 0) is 6.42 Å². The number of hydrogen-bond acceptors (Lipinski definition) is 1. The first-order valence-corrected chi connectivity index (χ1v) is 4.99. The smallest absolute Gasteiger partial charge is 0.0492 e. The van der Waals surface area contributed by atoms with E-state index in [-0.39, 0.29) is 0 Å². The molecule has 2 rings (SSSR count). The van der Waals surface area contributed by atoms with Crippen LogP contribution < -0.4 is 5.32 Å². The quantitative estimate of drug-likeness (QED) is 0.706. The van der Waals surface area contributed by atoms with Gasteiger partial charge in [0.1, 0.15) is 0 Å². The average molecular weight is 185 g/mol. The Kier molecular flexibility index (Phi) is 2.16. The molecule has 0 radical (unpaired) electrons. The van der Waals surface area contributed by atoms with Gasteiger partial charge in [-0.25, -0.2) is 0 Å². The summed E-state index contributed by atoms with van der Waals surface area (Å²) in [5.41, 5.74) is 6.18. The van der Waals surface area contributed by atoms with E-state index in [0.717, 1.165) is 12.1 Å². The molecule has 1 aliphatic heterocycles. The molecule has 0 aliphatic carbocycles. The molecule has 1 nitrogen and oxygen atoms in total. The van der Waals surface area contributed by atoms with Gasteiger partial charge in [0.2, 0.25) is 0 Å². The van der Waals surface area contributed by atoms with E-state index < -0.39 is 0 Å². The number of fused-ring (bicyclic) bond motifs is 1. The van der Waals surface area contributed by atoms with E-state index >= 15 is 0 Å². The summed E-state index contributed by atoms with van der Waals surface area (Å²) in [6.45, 7) is 8.23. The number of nitrogens with one attached hydrogen (secondary N) is 1. The molecule has 0 fully saturated rings. The first kappa shape index (κ1) is 9.07. The van der Waals surface area contributed by atoms with Crippen LogP contribution in [0.2, 0.25) is 0 Å². The normalized spacial score (nSPS) is 13.7. The minimum Gasteiger partial charge on any atom is -0.355 e. The van der Waals surface area contributed by atoms with Gasteiger partial charge >= 0.3 is 0 Å². The third-order valence-corrected chi connectivity index (χ3v) is 2.67. The Hall–Kier alpha value is -1.50. The lowest BCUT2D eigenvalue weighted by Crippen LogP contribution is -2.06. The summed E-state index contributed by atoms with van der Waals surface area (Å²) in [6.07, 6.45) is 5.22. The fourth-order valence-electron chi connectivity index (χ4n) is 1.81. The van der Waals surface area contributed by atoms with Crippen molar-refractivity contribution in [3.05, 3.63) is 47.2 Å². The van der Waals surface area contributed by atoms with Crippen molar-refractivity contribution in [3.63, 3.8) is 0 Å². The number of aryl methyl sites for hydroxylation is 2. The monoisotopic (exact) mass is 185 g/mol. The minimum atomic E-state index is 0.970. The molecule has 1 heterocycles. The first-order valence-electron chi connectivity index (χ1n) is 4.99. The van der Waals surface area contributed by atoms with Crippen molar-refractivity contribution in [2.24, 2.45) is 0 Å². The summed E-state index contributed by atoms with van der Waals surface area (Å²) in [4.78, 5) is 0. The van der Waals surface area contributed by atoms with Gasteiger partial charge in [0, 0.05) is 16.9 Å². The van der Waals surface area contributed by atoms with E-state index in [2.05, 4.69) is 44.0 Å². The molecular formula is C13H15N. The predicted molar refractivity (Wildman–Crippen MR) is 62.4 cm³/mol. The first-order chi connectivity index (χ1) is 6.72. The standard InChI is InChI=1S/C13H15N/c1-4-11-7-5-9(2)12-8-6-10(3)14-13(11)12/h5-8,14H,3-4H2,1-2H3. The maximum absolute atomic E-state index is 3.92. The van der Waals surface area contributed by atoms with Crippen LogP contribution in [0.1, 0.15) is 23.6 Å². The molecule has 0 atom stereocenters. The third-order valence-electron chi connectivity index (χ3n) is 2.67. The van der Waals surface area contributed by atoms with Crippen molar-refractivity contribution in [1.29, 1.82) is 0 Å². The Morgan fingerprint density at radius 2 is 2.07 bits per heavy atom. The van der Waals surface area contributed by atoms with Gasteiger partial charge in [-0.05, 0) is 30.5 Å². The highest BCUT2D eigenvalue weighted by Gasteiger charge is 2.11. The molecular weight excluding hydrogens is 170 g/mol. The molecule has 1 aliphatic rings. The zero-order valence-corrected chi connectivity index (χ0v) is 8.72. The predicted octanol–water partition coefficient (Wildman–Crippen LogP) is 3.51. The van der Waals surface area contributed by atoms with E-state index in [1.165, 1.54) is 22.4 Å². The molecule has 0 bridgehead atoms. The number of hydrogen-bond donors (Lipinski definition) is 1. The second kappa shape index (κ2) is 3.33. The lowest BCUT2D eigenvalue weighted by atomic mass is 9.97. The Bertz CT molecular complexity index is 413. The lowest BCUT2D eigenvalue weighted by molar-refractivity contribution is 1.13. The summed E-state index contributed by atoms with van der Waals surface area (Å²) in [5.74, 6) is 0. The Morgan fingerprint density at radius 1 is 1.29 bits per heavy atom. The summed E-state index contributed by atoms with van der Waals surface area (Å²) in [6, 6.07) is 4.37. The van der Waals surface area contributed by atoms with E-state index in [1.54, 1.807) is 0 Å². The molecule has 72 valence electrons. The van der Waals surface area contributed by atoms with Crippen molar-refractivity contribution in [1.82, 2.24) is 0 Å². The minimum absolute atomic E-state index is 0.970. The van der Waals surface area contributed by atoms with Crippen LogP contribution in [0, 0.1) is 6.92 Å². The Morgan fingerprint density at radius 3 is 2.79 bits per heavy atom. The zero-order valence-electron chi connectivity index (χ0n) is 8.72. The number of anilines is 1. The van der Waals surface area contributed by atoms with Crippen molar-refractivity contribution in [2.75, 3.05) is 5.32 Å². The molecule has 0 saturated heterocycles. The van der Waals surface area contributed by atoms with E-state index in [9.17, 15) is 0 Å². The van der Waals surface area contributed by atoms with Gasteiger partial charge in [0.05, 0.1) is 0 Å². The molecule has 0 saturated carbocycles. The fourth-order valence-corrected chi connectivity index (χ4v) is 1.81.